The Labute approximate surface area is 112 Å². The third kappa shape index (κ3) is 3.14. The number of hydrogen-bond donors (Lipinski definition) is 1. The number of nitrogen functional groups attached to an aromatic ring is 1. The molecule has 1 aliphatic rings. The van der Waals surface area contributed by atoms with E-state index in [1.54, 1.807) is 4.90 Å². The summed E-state index contributed by atoms with van der Waals surface area (Å²) < 4.78 is 23.1. The highest BCUT2D eigenvalue weighted by Crippen LogP contribution is 2.19. The van der Waals surface area contributed by atoms with Crippen LogP contribution in [0.1, 0.15) is 16.8 Å². The Kier molecular flexibility index (Phi) is 3.61. The molecule has 19 heavy (non-hydrogen) atoms. The molecule has 0 saturated heterocycles. The van der Waals surface area contributed by atoms with Gasteiger partial charge in [-0.05, 0) is 24.6 Å². The number of rotatable bonds is 2. The first-order valence-electron chi connectivity index (χ1n) is 5.93. The summed E-state index contributed by atoms with van der Waals surface area (Å²) in [5.41, 5.74) is 6.27. The Morgan fingerprint density at radius 1 is 1.26 bits per heavy atom. The minimum Gasteiger partial charge on any atom is -0.399 e. The molecule has 0 bridgehead atoms. The average Bonchev–Trinajstić information content (AvgIpc) is 2.37. The maximum atomic E-state index is 12.3. The second-order valence-corrected chi connectivity index (χ2v) is 6.59. The monoisotopic (exact) mass is 280 g/mol. The summed E-state index contributed by atoms with van der Waals surface area (Å²) in [6, 6.07) is 4.25. The van der Waals surface area contributed by atoms with Crippen molar-refractivity contribution in [3.63, 3.8) is 0 Å². The second-order valence-electron chi connectivity index (χ2n) is 4.57. The summed E-state index contributed by atoms with van der Waals surface area (Å²) in [7, 11) is -3.38. The van der Waals surface area contributed by atoms with Crippen molar-refractivity contribution in [1.29, 1.82) is 0 Å². The van der Waals surface area contributed by atoms with Crippen molar-refractivity contribution in [2.45, 2.75) is 11.3 Å². The van der Waals surface area contributed by atoms with E-state index in [1.807, 2.05) is 12.2 Å². The largest absolute Gasteiger partial charge is 0.399 e. The molecule has 2 rings (SSSR count). The average molecular weight is 280 g/mol. The zero-order valence-corrected chi connectivity index (χ0v) is 11.5. The smallest absolute Gasteiger partial charge is 0.254 e. The van der Waals surface area contributed by atoms with Gasteiger partial charge in [0.05, 0.1) is 4.90 Å². The van der Waals surface area contributed by atoms with E-state index in [9.17, 15) is 13.2 Å². The van der Waals surface area contributed by atoms with E-state index in [4.69, 9.17) is 5.73 Å². The number of hydrogen-bond acceptors (Lipinski definition) is 4. The molecule has 0 atom stereocenters. The van der Waals surface area contributed by atoms with Gasteiger partial charge in [0.15, 0.2) is 9.84 Å². The molecule has 2 N–H and O–H groups in total. The fraction of sp³-hybridized carbons (Fsp3) is 0.308. The summed E-state index contributed by atoms with van der Waals surface area (Å²) in [5, 5.41) is 0. The number of nitrogens with zero attached hydrogens (tertiary/aromatic N) is 1. The first-order valence-corrected chi connectivity index (χ1v) is 7.82. The van der Waals surface area contributed by atoms with Crippen LogP contribution < -0.4 is 5.73 Å². The molecule has 0 saturated carbocycles. The minimum absolute atomic E-state index is 0.0726. The number of nitrogens with two attached hydrogens (primary N) is 1. The highest BCUT2D eigenvalue weighted by Gasteiger charge is 2.18. The highest BCUT2D eigenvalue weighted by molar-refractivity contribution is 7.90. The molecule has 0 fully saturated rings. The third-order valence-corrected chi connectivity index (χ3v) is 4.04. The summed E-state index contributed by atoms with van der Waals surface area (Å²) in [6.07, 6.45) is 5.85. The van der Waals surface area contributed by atoms with Crippen LogP contribution in [0, 0.1) is 0 Å². The molecule has 1 amide bonds. The van der Waals surface area contributed by atoms with Crippen LogP contribution in [0.2, 0.25) is 0 Å². The molecule has 1 aromatic carbocycles. The Morgan fingerprint density at radius 2 is 2.00 bits per heavy atom. The van der Waals surface area contributed by atoms with Crippen LogP contribution >= 0.6 is 0 Å². The highest BCUT2D eigenvalue weighted by atomic mass is 32.2. The van der Waals surface area contributed by atoms with Crippen molar-refractivity contribution < 1.29 is 13.2 Å². The van der Waals surface area contributed by atoms with E-state index in [1.165, 1.54) is 18.2 Å². The van der Waals surface area contributed by atoms with Crippen molar-refractivity contribution in [3.8, 4) is 0 Å². The van der Waals surface area contributed by atoms with Crippen LogP contribution in [0.25, 0.3) is 0 Å². The minimum atomic E-state index is -3.38. The summed E-state index contributed by atoms with van der Waals surface area (Å²) >= 11 is 0. The second kappa shape index (κ2) is 5.05. The lowest BCUT2D eigenvalue weighted by molar-refractivity contribution is 0.0771. The van der Waals surface area contributed by atoms with Gasteiger partial charge in [-0.25, -0.2) is 8.42 Å². The molecule has 0 unspecified atom stereocenters. The first kappa shape index (κ1) is 13.6. The molecular formula is C13H16N2O3S. The normalized spacial score (nSPS) is 15.5. The molecule has 1 heterocycles. The molecule has 0 aromatic heterocycles. The Balaban J connectivity index is 2.37. The fourth-order valence-electron chi connectivity index (χ4n) is 1.97. The topological polar surface area (TPSA) is 80.5 Å². The van der Waals surface area contributed by atoms with E-state index >= 15 is 0 Å². The molecule has 102 valence electrons. The third-order valence-electron chi connectivity index (χ3n) is 2.95. The molecular weight excluding hydrogens is 264 g/mol. The standard InChI is InChI=1S/C13H16N2O3S/c1-19(17,18)12-8-10(7-11(14)9-12)13(16)15-5-3-2-4-6-15/h2-3,7-9H,4-6,14H2,1H3. The SMILES string of the molecule is CS(=O)(=O)c1cc(N)cc(C(=O)N2CC=CCC2)c1. The number of carbonyl (C=O) groups is 1. The summed E-state index contributed by atoms with van der Waals surface area (Å²) in [5.74, 6) is -0.193. The number of sulfone groups is 1. The molecule has 0 spiro atoms. The van der Waals surface area contributed by atoms with Crippen molar-refractivity contribution in [1.82, 2.24) is 4.90 Å². The number of carbonyl (C=O) groups excluding carboxylic acids is 1. The molecule has 1 aliphatic heterocycles. The quantitative estimate of drug-likeness (QED) is 0.649. The Bertz CT molecular complexity index is 635. The number of amides is 1. The predicted octanol–water partition coefficient (Wildman–Crippen LogP) is 1.07. The van der Waals surface area contributed by atoms with Crippen molar-refractivity contribution in [2.75, 3.05) is 25.1 Å². The van der Waals surface area contributed by atoms with Gasteiger partial charge in [-0.3, -0.25) is 4.79 Å². The molecule has 6 heteroatoms. The lowest BCUT2D eigenvalue weighted by atomic mass is 10.1. The van der Waals surface area contributed by atoms with E-state index in [0.29, 0.717) is 18.7 Å². The van der Waals surface area contributed by atoms with Crippen molar-refractivity contribution in [3.05, 3.63) is 35.9 Å². The fourth-order valence-corrected chi connectivity index (χ4v) is 2.66. The zero-order valence-electron chi connectivity index (χ0n) is 10.7. The van der Waals surface area contributed by atoms with Crippen molar-refractivity contribution in [2.24, 2.45) is 0 Å². The molecule has 0 aliphatic carbocycles. The molecule has 0 radical (unpaired) electrons. The van der Waals surface area contributed by atoms with Gasteiger partial charge >= 0.3 is 0 Å². The van der Waals surface area contributed by atoms with Crippen LogP contribution in [-0.2, 0) is 9.84 Å². The van der Waals surface area contributed by atoms with Crippen molar-refractivity contribution >= 4 is 21.4 Å². The van der Waals surface area contributed by atoms with E-state index in [-0.39, 0.29) is 16.5 Å². The zero-order chi connectivity index (χ0) is 14.0. The lowest BCUT2D eigenvalue weighted by Gasteiger charge is -2.23. The van der Waals surface area contributed by atoms with Gasteiger partial charge in [-0.2, -0.15) is 0 Å². The van der Waals surface area contributed by atoms with Gasteiger partial charge in [-0.15, -0.1) is 0 Å². The van der Waals surface area contributed by atoms with Gasteiger partial charge in [0, 0.05) is 30.6 Å². The Morgan fingerprint density at radius 3 is 2.58 bits per heavy atom. The van der Waals surface area contributed by atoms with E-state index in [0.717, 1.165) is 12.7 Å². The van der Waals surface area contributed by atoms with Gasteiger partial charge in [0.1, 0.15) is 0 Å². The number of benzene rings is 1. The van der Waals surface area contributed by atoms with Crippen LogP contribution in [0.15, 0.2) is 35.2 Å². The van der Waals surface area contributed by atoms with Gasteiger partial charge < -0.3 is 10.6 Å². The summed E-state index contributed by atoms with van der Waals surface area (Å²) in [6.45, 7) is 1.18. The van der Waals surface area contributed by atoms with E-state index in [2.05, 4.69) is 0 Å². The predicted molar refractivity (Wildman–Crippen MR) is 73.6 cm³/mol. The Hall–Kier alpha value is -1.82. The lowest BCUT2D eigenvalue weighted by Crippen LogP contribution is -2.33. The van der Waals surface area contributed by atoms with Crippen LogP contribution in [0.3, 0.4) is 0 Å². The van der Waals surface area contributed by atoms with Gasteiger partial charge in [0.25, 0.3) is 5.91 Å². The maximum absolute atomic E-state index is 12.3. The van der Waals surface area contributed by atoms with Crippen LogP contribution in [-0.4, -0.2) is 38.6 Å². The maximum Gasteiger partial charge on any atom is 0.254 e. The number of anilines is 1. The summed E-state index contributed by atoms with van der Waals surface area (Å²) in [4.78, 5) is 14.0. The first-order chi connectivity index (χ1) is 8.88. The van der Waals surface area contributed by atoms with Crippen LogP contribution in [0.4, 0.5) is 5.69 Å². The van der Waals surface area contributed by atoms with E-state index < -0.39 is 9.84 Å². The molecule has 1 aromatic rings. The van der Waals surface area contributed by atoms with Gasteiger partial charge in [-0.1, -0.05) is 12.2 Å². The molecule has 5 nitrogen and oxygen atoms in total. The van der Waals surface area contributed by atoms with Crippen LogP contribution in [0.5, 0.6) is 0 Å². The van der Waals surface area contributed by atoms with Gasteiger partial charge in [0.2, 0.25) is 0 Å².